The number of aliphatic hydroxyl groups is 1. The lowest BCUT2D eigenvalue weighted by atomic mass is 9.95. The quantitative estimate of drug-likeness (QED) is 0.596. The van der Waals surface area contributed by atoms with Crippen LogP contribution in [0.15, 0.2) is 4.99 Å². The third kappa shape index (κ3) is 4.50. The van der Waals surface area contributed by atoms with Crippen molar-refractivity contribution in [2.45, 2.75) is 27.7 Å². The highest BCUT2D eigenvalue weighted by Crippen LogP contribution is 2.13. The molecule has 0 aromatic carbocycles. The molecule has 60 valence electrons. The molecule has 0 aliphatic heterocycles. The first-order valence-electron chi connectivity index (χ1n) is 3.56. The van der Waals surface area contributed by atoms with E-state index in [-0.39, 0.29) is 12.0 Å². The summed E-state index contributed by atoms with van der Waals surface area (Å²) < 4.78 is 0. The van der Waals surface area contributed by atoms with Crippen LogP contribution >= 0.6 is 0 Å². The van der Waals surface area contributed by atoms with Gasteiger partial charge < -0.3 is 5.11 Å². The summed E-state index contributed by atoms with van der Waals surface area (Å²) in [7, 11) is 0. The van der Waals surface area contributed by atoms with Crippen molar-refractivity contribution in [2.24, 2.45) is 10.4 Å². The van der Waals surface area contributed by atoms with Crippen LogP contribution in [0.2, 0.25) is 0 Å². The summed E-state index contributed by atoms with van der Waals surface area (Å²) >= 11 is 0. The van der Waals surface area contributed by atoms with Gasteiger partial charge in [0.1, 0.15) is 0 Å². The summed E-state index contributed by atoms with van der Waals surface area (Å²) in [6, 6.07) is 0. The summed E-state index contributed by atoms with van der Waals surface area (Å²) in [5.41, 5.74) is 1.01. The zero-order chi connectivity index (χ0) is 8.20. The molecular weight excluding hydrogens is 126 g/mol. The van der Waals surface area contributed by atoms with Crippen molar-refractivity contribution in [3.05, 3.63) is 0 Å². The molecule has 0 amide bonds. The minimum Gasteiger partial charge on any atom is -0.396 e. The van der Waals surface area contributed by atoms with Crippen LogP contribution in [0.1, 0.15) is 27.7 Å². The number of hydrogen-bond donors (Lipinski definition) is 1. The van der Waals surface area contributed by atoms with Gasteiger partial charge in [-0.2, -0.15) is 0 Å². The monoisotopic (exact) mass is 143 g/mol. The Morgan fingerprint density at radius 1 is 1.40 bits per heavy atom. The third-order valence-electron chi connectivity index (χ3n) is 1.25. The van der Waals surface area contributed by atoms with Crippen LogP contribution in [0.4, 0.5) is 0 Å². The van der Waals surface area contributed by atoms with Gasteiger partial charge in [0.25, 0.3) is 0 Å². The molecule has 0 spiro atoms. The fourth-order valence-corrected chi connectivity index (χ4v) is 0.422. The maximum absolute atomic E-state index is 8.84. The Hall–Kier alpha value is -0.370. The number of aliphatic imine (C=N–C) groups is 1. The van der Waals surface area contributed by atoms with E-state index in [0.29, 0.717) is 6.54 Å². The van der Waals surface area contributed by atoms with E-state index in [1.807, 2.05) is 27.7 Å². The first-order chi connectivity index (χ1) is 4.48. The van der Waals surface area contributed by atoms with Gasteiger partial charge in [-0.15, -0.1) is 0 Å². The van der Waals surface area contributed by atoms with E-state index >= 15 is 0 Å². The van der Waals surface area contributed by atoms with Crippen LogP contribution in [0.25, 0.3) is 0 Å². The summed E-state index contributed by atoms with van der Waals surface area (Å²) in [4.78, 5) is 4.22. The molecule has 0 bridgehead atoms. The summed E-state index contributed by atoms with van der Waals surface area (Å²) in [5, 5.41) is 8.84. The lowest BCUT2D eigenvalue weighted by molar-refractivity contribution is 0.167. The average Bonchev–Trinajstić information content (AvgIpc) is 1.85. The van der Waals surface area contributed by atoms with Crippen LogP contribution in [-0.2, 0) is 0 Å². The zero-order valence-corrected chi connectivity index (χ0v) is 7.31. The average molecular weight is 143 g/mol. The molecule has 0 saturated heterocycles. The molecule has 2 heteroatoms. The fourth-order valence-electron chi connectivity index (χ4n) is 0.422. The van der Waals surface area contributed by atoms with Crippen molar-refractivity contribution in [1.82, 2.24) is 0 Å². The van der Waals surface area contributed by atoms with Gasteiger partial charge in [-0.05, 0) is 13.8 Å². The molecule has 0 aromatic heterocycles. The number of aliphatic hydroxyl groups excluding tert-OH is 1. The van der Waals surface area contributed by atoms with Gasteiger partial charge >= 0.3 is 0 Å². The van der Waals surface area contributed by atoms with Gasteiger partial charge in [-0.1, -0.05) is 13.8 Å². The van der Waals surface area contributed by atoms with Crippen LogP contribution in [0.3, 0.4) is 0 Å². The Labute approximate surface area is 63.0 Å². The lowest BCUT2D eigenvalue weighted by Crippen LogP contribution is -2.20. The minimum atomic E-state index is -0.0583. The van der Waals surface area contributed by atoms with E-state index in [1.54, 1.807) is 0 Å². The van der Waals surface area contributed by atoms with Crippen molar-refractivity contribution in [1.29, 1.82) is 0 Å². The van der Waals surface area contributed by atoms with Gasteiger partial charge in [0, 0.05) is 24.3 Å². The molecule has 2 nitrogen and oxygen atoms in total. The van der Waals surface area contributed by atoms with Gasteiger partial charge in [-0.25, -0.2) is 0 Å². The smallest absolute Gasteiger partial charge is 0.0499 e. The maximum Gasteiger partial charge on any atom is 0.0499 e. The molecule has 0 rings (SSSR count). The highest BCUT2D eigenvalue weighted by molar-refractivity contribution is 5.79. The second-order valence-corrected chi connectivity index (χ2v) is 3.59. The molecule has 0 aliphatic carbocycles. The largest absolute Gasteiger partial charge is 0.396 e. The number of nitrogens with zero attached hydrogens (tertiary/aromatic N) is 1. The SMILES string of the molecule is CC(C)=NCC(C)(C)CO. The molecule has 0 heterocycles. The van der Waals surface area contributed by atoms with Crippen molar-refractivity contribution in [3.63, 3.8) is 0 Å². The highest BCUT2D eigenvalue weighted by atomic mass is 16.3. The topological polar surface area (TPSA) is 32.6 Å². The fraction of sp³-hybridized carbons (Fsp3) is 0.875. The molecule has 0 aromatic rings. The Morgan fingerprint density at radius 2 is 1.90 bits per heavy atom. The number of rotatable bonds is 3. The Balaban J connectivity index is 3.78. The second kappa shape index (κ2) is 3.71. The predicted molar refractivity (Wildman–Crippen MR) is 44.5 cm³/mol. The van der Waals surface area contributed by atoms with Crippen molar-refractivity contribution >= 4 is 5.71 Å². The lowest BCUT2D eigenvalue weighted by Gasteiger charge is -2.18. The summed E-state index contributed by atoms with van der Waals surface area (Å²) in [6.45, 7) is 8.84. The van der Waals surface area contributed by atoms with Gasteiger partial charge in [0.05, 0.1) is 0 Å². The molecule has 10 heavy (non-hydrogen) atoms. The van der Waals surface area contributed by atoms with Crippen LogP contribution in [0, 0.1) is 5.41 Å². The first kappa shape index (κ1) is 9.63. The Bertz CT molecular complexity index is 123. The maximum atomic E-state index is 8.84. The molecule has 0 saturated carbocycles. The van der Waals surface area contributed by atoms with Crippen molar-refractivity contribution in [2.75, 3.05) is 13.2 Å². The van der Waals surface area contributed by atoms with E-state index in [1.165, 1.54) is 0 Å². The Kier molecular flexibility index (Phi) is 3.58. The molecule has 1 N–H and O–H groups in total. The normalized spacial score (nSPS) is 11.3. The van der Waals surface area contributed by atoms with Gasteiger partial charge in [0.2, 0.25) is 0 Å². The minimum absolute atomic E-state index is 0.0583. The van der Waals surface area contributed by atoms with Crippen LogP contribution in [0.5, 0.6) is 0 Å². The van der Waals surface area contributed by atoms with Crippen LogP contribution in [-0.4, -0.2) is 24.0 Å². The van der Waals surface area contributed by atoms with Crippen molar-refractivity contribution < 1.29 is 5.11 Å². The highest BCUT2D eigenvalue weighted by Gasteiger charge is 2.14. The third-order valence-corrected chi connectivity index (χ3v) is 1.25. The first-order valence-corrected chi connectivity index (χ1v) is 3.56. The van der Waals surface area contributed by atoms with E-state index in [4.69, 9.17) is 5.11 Å². The molecule has 0 aliphatic rings. The van der Waals surface area contributed by atoms with E-state index in [2.05, 4.69) is 4.99 Å². The second-order valence-electron chi connectivity index (χ2n) is 3.59. The van der Waals surface area contributed by atoms with E-state index < -0.39 is 0 Å². The van der Waals surface area contributed by atoms with Gasteiger partial charge in [-0.3, -0.25) is 4.99 Å². The zero-order valence-electron chi connectivity index (χ0n) is 7.31. The summed E-state index contributed by atoms with van der Waals surface area (Å²) in [5.74, 6) is 0. The molecule has 0 fully saturated rings. The summed E-state index contributed by atoms with van der Waals surface area (Å²) in [6.07, 6.45) is 0. The predicted octanol–water partition coefficient (Wildman–Crippen LogP) is 1.49. The number of hydrogen-bond acceptors (Lipinski definition) is 2. The van der Waals surface area contributed by atoms with E-state index in [9.17, 15) is 0 Å². The molecule has 0 unspecified atom stereocenters. The Morgan fingerprint density at radius 3 is 2.20 bits per heavy atom. The van der Waals surface area contributed by atoms with Crippen molar-refractivity contribution in [3.8, 4) is 0 Å². The van der Waals surface area contributed by atoms with Gasteiger partial charge in [0.15, 0.2) is 0 Å². The van der Waals surface area contributed by atoms with E-state index in [0.717, 1.165) is 5.71 Å². The molecule has 0 radical (unpaired) electrons. The standard InChI is InChI=1S/C8H17NO/c1-7(2)9-5-8(3,4)6-10/h10H,5-6H2,1-4H3. The van der Waals surface area contributed by atoms with Crippen LogP contribution < -0.4 is 0 Å². The molecular formula is C8H17NO. The molecule has 0 atom stereocenters.